The highest BCUT2D eigenvalue weighted by Crippen LogP contribution is 2.10. The molecule has 1 amide bonds. The summed E-state index contributed by atoms with van der Waals surface area (Å²) < 4.78 is 2.86. The van der Waals surface area contributed by atoms with Crippen LogP contribution in [0, 0.1) is 13.8 Å². The van der Waals surface area contributed by atoms with Gasteiger partial charge in [0.05, 0.1) is 12.2 Å². The Kier molecular flexibility index (Phi) is 4.37. The lowest BCUT2D eigenvalue weighted by Crippen LogP contribution is -2.27. The predicted molar refractivity (Wildman–Crippen MR) is 78.2 cm³/mol. The SMILES string of the molecule is Cc1cc(C)n(CCNC(=O)c2ccc(Br)cc2)n1. The highest BCUT2D eigenvalue weighted by atomic mass is 79.9. The summed E-state index contributed by atoms with van der Waals surface area (Å²) in [7, 11) is 0. The van der Waals surface area contributed by atoms with E-state index in [1.165, 1.54) is 0 Å². The average Bonchev–Trinajstić information content (AvgIpc) is 2.68. The number of hydrogen-bond acceptors (Lipinski definition) is 2. The van der Waals surface area contributed by atoms with E-state index in [1.807, 2.05) is 36.7 Å². The van der Waals surface area contributed by atoms with E-state index in [-0.39, 0.29) is 5.91 Å². The Balaban J connectivity index is 1.87. The fraction of sp³-hybridized carbons (Fsp3) is 0.286. The molecular weight excluding hydrogens is 306 g/mol. The predicted octanol–water partition coefficient (Wildman–Crippen LogP) is 2.69. The van der Waals surface area contributed by atoms with E-state index in [0.29, 0.717) is 18.7 Å². The van der Waals surface area contributed by atoms with Crippen LogP contribution in [-0.4, -0.2) is 22.2 Å². The molecule has 0 bridgehead atoms. The summed E-state index contributed by atoms with van der Waals surface area (Å²) in [6.07, 6.45) is 0. The second kappa shape index (κ2) is 6.02. The van der Waals surface area contributed by atoms with Crippen molar-refractivity contribution in [3.8, 4) is 0 Å². The molecule has 1 heterocycles. The zero-order valence-corrected chi connectivity index (χ0v) is 12.6. The van der Waals surface area contributed by atoms with Crippen molar-refractivity contribution in [1.82, 2.24) is 15.1 Å². The lowest BCUT2D eigenvalue weighted by molar-refractivity contribution is 0.0952. The van der Waals surface area contributed by atoms with Crippen molar-refractivity contribution in [2.75, 3.05) is 6.54 Å². The Hall–Kier alpha value is -1.62. The van der Waals surface area contributed by atoms with E-state index in [4.69, 9.17) is 0 Å². The van der Waals surface area contributed by atoms with Gasteiger partial charge in [-0.15, -0.1) is 0 Å². The fourth-order valence-electron chi connectivity index (χ4n) is 1.88. The minimum Gasteiger partial charge on any atom is -0.350 e. The number of amides is 1. The van der Waals surface area contributed by atoms with Crippen molar-refractivity contribution >= 4 is 21.8 Å². The van der Waals surface area contributed by atoms with Gasteiger partial charge >= 0.3 is 0 Å². The van der Waals surface area contributed by atoms with Crippen LogP contribution in [0.25, 0.3) is 0 Å². The van der Waals surface area contributed by atoms with Crippen LogP contribution in [0.2, 0.25) is 0 Å². The lowest BCUT2D eigenvalue weighted by Gasteiger charge is -2.07. The molecule has 19 heavy (non-hydrogen) atoms. The van der Waals surface area contributed by atoms with Crippen LogP contribution in [0.5, 0.6) is 0 Å². The largest absolute Gasteiger partial charge is 0.350 e. The van der Waals surface area contributed by atoms with E-state index in [0.717, 1.165) is 15.9 Å². The van der Waals surface area contributed by atoms with Crippen molar-refractivity contribution in [3.05, 3.63) is 51.8 Å². The van der Waals surface area contributed by atoms with E-state index in [1.54, 1.807) is 12.1 Å². The standard InChI is InChI=1S/C14H16BrN3O/c1-10-9-11(2)18(17-10)8-7-16-14(19)12-3-5-13(15)6-4-12/h3-6,9H,7-8H2,1-2H3,(H,16,19). The first kappa shape index (κ1) is 13.8. The third-order valence-electron chi connectivity index (χ3n) is 2.82. The maximum atomic E-state index is 11.9. The number of aryl methyl sites for hydroxylation is 2. The minimum atomic E-state index is -0.0611. The van der Waals surface area contributed by atoms with Crippen LogP contribution in [0.15, 0.2) is 34.8 Å². The third kappa shape index (κ3) is 3.67. The van der Waals surface area contributed by atoms with Crippen LogP contribution in [0.4, 0.5) is 0 Å². The van der Waals surface area contributed by atoms with Gasteiger partial charge in [-0.2, -0.15) is 5.10 Å². The summed E-state index contributed by atoms with van der Waals surface area (Å²) in [6, 6.07) is 9.33. The number of hydrogen-bond donors (Lipinski definition) is 1. The molecule has 0 radical (unpaired) electrons. The van der Waals surface area contributed by atoms with Gasteiger partial charge in [0.15, 0.2) is 0 Å². The first-order chi connectivity index (χ1) is 9.06. The van der Waals surface area contributed by atoms with E-state index >= 15 is 0 Å². The molecule has 0 unspecified atom stereocenters. The van der Waals surface area contributed by atoms with Crippen LogP contribution in [-0.2, 0) is 6.54 Å². The normalized spacial score (nSPS) is 10.5. The van der Waals surface area contributed by atoms with Gasteiger partial charge in [-0.05, 0) is 44.2 Å². The molecule has 1 aromatic heterocycles. The van der Waals surface area contributed by atoms with Crippen LogP contribution in [0.3, 0.4) is 0 Å². The molecule has 4 nitrogen and oxygen atoms in total. The molecule has 0 aliphatic carbocycles. The quantitative estimate of drug-likeness (QED) is 0.941. The van der Waals surface area contributed by atoms with Gasteiger partial charge in [-0.1, -0.05) is 15.9 Å². The second-order valence-corrected chi connectivity index (χ2v) is 5.33. The summed E-state index contributed by atoms with van der Waals surface area (Å²) in [6.45, 7) is 5.22. The average molecular weight is 322 g/mol. The van der Waals surface area contributed by atoms with Crippen molar-refractivity contribution in [2.24, 2.45) is 0 Å². The Labute approximate surface area is 120 Å². The van der Waals surface area contributed by atoms with E-state index in [9.17, 15) is 4.79 Å². The molecule has 0 spiro atoms. The van der Waals surface area contributed by atoms with Gasteiger partial charge in [0.2, 0.25) is 0 Å². The minimum absolute atomic E-state index is 0.0611. The van der Waals surface area contributed by atoms with Crippen LogP contribution in [0.1, 0.15) is 21.7 Å². The number of benzene rings is 1. The highest BCUT2D eigenvalue weighted by molar-refractivity contribution is 9.10. The summed E-state index contributed by atoms with van der Waals surface area (Å²) in [5, 5.41) is 7.24. The number of rotatable bonds is 4. The van der Waals surface area contributed by atoms with Gasteiger partial charge in [0.25, 0.3) is 5.91 Å². The van der Waals surface area contributed by atoms with Gasteiger partial charge < -0.3 is 5.32 Å². The zero-order chi connectivity index (χ0) is 13.8. The van der Waals surface area contributed by atoms with Gasteiger partial charge in [-0.25, -0.2) is 0 Å². The molecule has 0 atom stereocenters. The third-order valence-corrected chi connectivity index (χ3v) is 3.35. The smallest absolute Gasteiger partial charge is 0.251 e. The monoisotopic (exact) mass is 321 g/mol. The van der Waals surface area contributed by atoms with E-state index < -0.39 is 0 Å². The number of nitrogens with one attached hydrogen (secondary N) is 1. The number of nitrogens with zero attached hydrogens (tertiary/aromatic N) is 2. The molecular formula is C14H16BrN3O. The summed E-state index contributed by atoms with van der Waals surface area (Å²) in [4.78, 5) is 11.9. The molecule has 1 aromatic carbocycles. The molecule has 0 aliphatic heterocycles. The number of carbonyl (C=O) groups excluding carboxylic acids is 1. The second-order valence-electron chi connectivity index (χ2n) is 4.41. The summed E-state index contributed by atoms with van der Waals surface area (Å²) in [5.41, 5.74) is 2.77. The molecule has 100 valence electrons. The molecule has 2 rings (SSSR count). The molecule has 2 aromatic rings. The van der Waals surface area contributed by atoms with E-state index in [2.05, 4.69) is 26.3 Å². The number of carbonyl (C=O) groups is 1. The molecule has 1 N–H and O–H groups in total. The summed E-state index contributed by atoms with van der Waals surface area (Å²) >= 11 is 3.34. The van der Waals surface area contributed by atoms with Gasteiger partial charge in [0, 0.05) is 22.3 Å². The van der Waals surface area contributed by atoms with Gasteiger partial charge in [-0.3, -0.25) is 9.48 Å². The molecule has 5 heteroatoms. The first-order valence-corrected chi connectivity index (χ1v) is 6.90. The van der Waals surface area contributed by atoms with Gasteiger partial charge in [0.1, 0.15) is 0 Å². The van der Waals surface area contributed by atoms with Crippen molar-refractivity contribution in [1.29, 1.82) is 0 Å². The topological polar surface area (TPSA) is 46.9 Å². The maximum Gasteiger partial charge on any atom is 0.251 e. The highest BCUT2D eigenvalue weighted by Gasteiger charge is 2.05. The first-order valence-electron chi connectivity index (χ1n) is 6.11. The molecule has 0 saturated carbocycles. The fourth-order valence-corrected chi connectivity index (χ4v) is 2.14. The Morgan fingerprint density at radius 1 is 1.32 bits per heavy atom. The molecule has 0 fully saturated rings. The summed E-state index contributed by atoms with van der Waals surface area (Å²) in [5.74, 6) is -0.0611. The Bertz CT molecular complexity index is 575. The Morgan fingerprint density at radius 3 is 2.58 bits per heavy atom. The Morgan fingerprint density at radius 2 is 2.00 bits per heavy atom. The lowest BCUT2D eigenvalue weighted by atomic mass is 10.2. The molecule has 0 aliphatic rings. The van der Waals surface area contributed by atoms with Crippen molar-refractivity contribution in [2.45, 2.75) is 20.4 Å². The number of aromatic nitrogens is 2. The molecule has 0 saturated heterocycles. The number of halogens is 1. The van der Waals surface area contributed by atoms with Crippen molar-refractivity contribution in [3.63, 3.8) is 0 Å². The van der Waals surface area contributed by atoms with Crippen molar-refractivity contribution < 1.29 is 4.79 Å². The van der Waals surface area contributed by atoms with Crippen LogP contribution < -0.4 is 5.32 Å². The zero-order valence-electron chi connectivity index (χ0n) is 11.0. The van der Waals surface area contributed by atoms with Crippen LogP contribution >= 0.6 is 15.9 Å². The maximum absolute atomic E-state index is 11.9.